The molecule has 0 aliphatic carbocycles. The predicted molar refractivity (Wildman–Crippen MR) is 81.1 cm³/mol. The Bertz CT molecular complexity index is 431. The van der Waals surface area contributed by atoms with Crippen molar-refractivity contribution in [3.05, 3.63) is 28.3 Å². The Hall–Kier alpha value is -0.730. The first-order valence-corrected chi connectivity index (χ1v) is 7.68. The Kier molecular flexibility index (Phi) is 5.12. The van der Waals surface area contributed by atoms with Gasteiger partial charge in [-0.15, -0.1) is 0 Å². The highest BCUT2D eigenvalue weighted by molar-refractivity contribution is 6.30. The molecule has 0 saturated carbocycles. The van der Waals surface area contributed by atoms with Crippen LogP contribution in [0, 0.1) is 5.92 Å². The minimum atomic E-state index is 0.338. The molecule has 0 fully saturated rings. The van der Waals surface area contributed by atoms with Crippen LogP contribution in [-0.4, -0.2) is 13.2 Å². The van der Waals surface area contributed by atoms with Gasteiger partial charge in [0.25, 0.3) is 0 Å². The van der Waals surface area contributed by atoms with Crippen LogP contribution in [-0.2, 0) is 6.42 Å². The van der Waals surface area contributed by atoms with Crippen molar-refractivity contribution >= 4 is 11.6 Å². The van der Waals surface area contributed by atoms with Gasteiger partial charge in [0.2, 0.25) is 0 Å². The van der Waals surface area contributed by atoms with E-state index in [1.165, 1.54) is 11.1 Å². The summed E-state index contributed by atoms with van der Waals surface area (Å²) in [5.41, 5.74) is 2.50. The summed E-state index contributed by atoms with van der Waals surface area (Å²) < 4.78 is 5.83. The molecule has 19 heavy (non-hydrogen) atoms. The number of hydrogen-bond acceptors (Lipinski definition) is 2. The van der Waals surface area contributed by atoms with E-state index in [0.29, 0.717) is 12.0 Å². The molecule has 1 aromatic rings. The van der Waals surface area contributed by atoms with Crippen molar-refractivity contribution in [3.8, 4) is 5.75 Å². The molecule has 1 atom stereocenters. The van der Waals surface area contributed by atoms with Gasteiger partial charge in [0, 0.05) is 23.0 Å². The van der Waals surface area contributed by atoms with Gasteiger partial charge in [-0.1, -0.05) is 32.4 Å². The van der Waals surface area contributed by atoms with Crippen molar-refractivity contribution in [1.29, 1.82) is 0 Å². The summed E-state index contributed by atoms with van der Waals surface area (Å²) in [6.45, 7) is 8.51. The van der Waals surface area contributed by atoms with Crippen LogP contribution in [0.5, 0.6) is 5.75 Å². The van der Waals surface area contributed by atoms with E-state index in [-0.39, 0.29) is 0 Å². The average Bonchev–Trinajstić information content (AvgIpc) is 2.80. The molecule has 0 spiro atoms. The number of hydrogen-bond donors (Lipinski definition) is 1. The highest BCUT2D eigenvalue weighted by Crippen LogP contribution is 2.38. The number of nitrogens with one attached hydrogen (secondary N) is 1. The third-order valence-corrected chi connectivity index (χ3v) is 3.72. The van der Waals surface area contributed by atoms with Gasteiger partial charge in [0.15, 0.2) is 0 Å². The zero-order chi connectivity index (χ0) is 13.8. The third-order valence-electron chi connectivity index (χ3n) is 3.50. The molecule has 1 aromatic carbocycles. The fourth-order valence-corrected chi connectivity index (χ4v) is 2.92. The topological polar surface area (TPSA) is 21.3 Å². The summed E-state index contributed by atoms with van der Waals surface area (Å²) in [7, 11) is 0. The number of fused-ring (bicyclic) bond motifs is 1. The smallest absolute Gasteiger partial charge is 0.127 e. The lowest BCUT2D eigenvalue weighted by molar-refractivity contribution is 0.342. The first-order valence-electron chi connectivity index (χ1n) is 7.30. The van der Waals surface area contributed by atoms with Gasteiger partial charge in [-0.2, -0.15) is 0 Å². The Balaban J connectivity index is 2.29. The maximum atomic E-state index is 6.26. The first-order chi connectivity index (χ1) is 9.11. The highest BCUT2D eigenvalue weighted by Gasteiger charge is 2.23. The van der Waals surface area contributed by atoms with Crippen molar-refractivity contribution in [1.82, 2.24) is 5.32 Å². The second-order valence-electron chi connectivity index (χ2n) is 5.72. The fourth-order valence-electron chi connectivity index (χ4n) is 2.67. The monoisotopic (exact) mass is 281 g/mol. The molecule has 3 heteroatoms. The van der Waals surface area contributed by atoms with Gasteiger partial charge in [-0.3, -0.25) is 0 Å². The SMILES string of the molecule is CCCNC(CC(C)C)c1cc(Cl)cc2c1OCC2. The maximum absolute atomic E-state index is 6.26. The predicted octanol–water partition coefficient (Wildman–Crippen LogP) is 4.36. The molecule has 2 rings (SSSR count). The zero-order valence-electron chi connectivity index (χ0n) is 12.1. The summed E-state index contributed by atoms with van der Waals surface area (Å²) in [6, 6.07) is 4.45. The third kappa shape index (κ3) is 3.64. The molecule has 2 nitrogen and oxygen atoms in total. The summed E-state index contributed by atoms with van der Waals surface area (Å²) in [5.74, 6) is 1.71. The van der Waals surface area contributed by atoms with Crippen LogP contribution in [0.25, 0.3) is 0 Å². The van der Waals surface area contributed by atoms with Crippen molar-refractivity contribution < 1.29 is 4.74 Å². The number of halogens is 1. The fraction of sp³-hybridized carbons (Fsp3) is 0.625. The molecule has 1 aliphatic heterocycles. The number of ether oxygens (including phenoxy) is 1. The van der Waals surface area contributed by atoms with Gasteiger partial charge in [0.05, 0.1) is 6.61 Å². The van der Waals surface area contributed by atoms with Crippen LogP contribution < -0.4 is 10.1 Å². The number of benzene rings is 1. The second-order valence-corrected chi connectivity index (χ2v) is 6.15. The van der Waals surface area contributed by atoms with Crippen molar-refractivity contribution in [3.63, 3.8) is 0 Å². The lowest BCUT2D eigenvalue weighted by Gasteiger charge is -2.23. The molecule has 0 aromatic heterocycles. The molecule has 1 aliphatic rings. The Morgan fingerprint density at radius 1 is 1.37 bits per heavy atom. The minimum absolute atomic E-state index is 0.338. The molecule has 1 N–H and O–H groups in total. The van der Waals surface area contributed by atoms with E-state index in [1.807, 2.05) is 6.07 Å². The normalized spacial score (nSPS) is 15.4. The van der Waals surface area contributed by atoms with Crippen LogP contribution in [0.2, 0.25) is 5.02 Å². The molecule has 106 valence electrons. The highest BCUT2D eigenvalue weighted by atomic mass is 35.5. The van der Waals surface area contributed by atoms with E-state index < -0.39 is 0 Å². The molecule has 0 amide bonds. The largest absolute Gasteiger partial charge is 0.493 e. The minimum Gasteiger partial charge on any atom is -0.493 e. The molecular formula is C16H24ClNO. The van der Waals surface area contributed by atoms with Crippen molar-refractivity contribution in [2.24, 2.45) is 5.92 Å². The molecule has 0 saturated heterocycles. The van der Waals surface area contributed by atoms with Crippen LogP contribution in [0.4, 0.5) is 0 Å². The summed E-state index contributed by atoms with van der Waals surface area (Å²) in [6.07, 6.45) is 3.22. The Morgan fingerprint density at radius 3 is 2.84 bits per heavy atom. The Morgan fingerprint density at radius 2 is 2.16 bits per heavy atom. The molecule has 1 heterocycles. The molecule has 0 radical (unpaired) electrons. The van der Waals surface area contributed by atoms with E-state index in [4.69, 9.17) is 16.3 Å². The standard InChI is InChI=1S/C16H24ClNO/c1-4-6-18-15(8-11(2)3)14-10-13(17)9-12-5-7-19-16(12)14/h9-11,15,18H,4-8H2,1-3H3. The van der Waals surface area contributed by atoms with E-state index in [9.17, 15) is 0 Å². The lowest BCUT2D eigenvalue weighted by Crippen LogP contribution is -2.24. The van der Waals surface area contributed by atoms with E-state index in [2.05, 4.69) is 32.2 Å². The van der Waals surface area contributed by atoms with Gasteiger partial charge in [-0.05, 0) is 43.0 Å². The molecular weight excluding hydrogens is 258 g/mol. The molecule has 0 bridgehead atoms. The summed E-state index contributed by atoms with van der Waals surface area (Å²) in [4.78, 5) is 0. The van der Waals surface area contributed by atoms with Crippen LogP contribution in [0.3, 0.4) is 0 Å². The summed E-state index contributed by atoms with van der Waals surface area (Å²) >= 11 is 6.26. The van der Waals surface area contributed by atoms with Gasteiger partial charge < -0.3 is 10.1 Å². The van der Waals surface area contributed by atoms with E-state index >= 15 is 0 Å². The van der Waals surface area contributed by atoms with Crippen LogP contribution >= 0.6 is 11.6 Å². The van der Waals surface area contributed by atoms with Gasteiger partial charge in [-0.25, -0.2) is 0 Å². The number of rotatable bonds is 6. The Labute approximate surface area is 121 Å². The van der Waals surface area contributed by atoms with Crippen LogP contribution in [0.15, 0.2) is 12.1 Å². The van der Waals surface area contributed by atoms with Crippen molar-refractivity contribution in [2.75, 3.05) is 13.2 Å². The van der Waals surface area contributed by atoms with Crippen molar-refractivity contribution in [2.45, 2.75) is 46.1 Å². The quantitative estimate of drug-likeness (QED) is 0.836. The van der Waals surface area contributed by atoms with E-state index in [0.717, 1.165) is 43.2 Å². The second kappa shape index (κ2) is 6.62. The van der Waals surface area contributed by atoms with Crippen LogP contribution in [0.1, 0.15) is 50.8 Å². The maximum Gasteiger partial charge on any atom is 0.127 e. The van der Waals surface area contributed by atoms with Gasteiger partial charge in [0.1, 0.15) is 5.75 Å². The molecule has 1 unspecified atom stereocenters. The average molecular weight is 282 g/mol. The lowest BCUT2D eigenvalue weighted by atomic mass is 9.94. The zero-order valence-corrected chi connectivity index (χ0v) is 12.9. The van der Waals surface area contributed by atoms with Gasteiger partial charge >= 0.3 is 0 Å². The summed E-state index contributed by atoms with van der Waals surface area (Å²) in [5, 5.41) is 4.46. The first kappa shape index (κ1) is 14.7. The van der Waals surface area contributed by atoms with E-state index in [1.54, 1.807) is 0 Å².